The van der Waals surface area contributed by atoms with E-state index >= 15 is 0 Å². The average Bonchev–Trinajstić information content (AvgIpc) is 2.73. The topological polar surface area (TPSA) is 48.2 Å². The van der Waals surface area contributed by atoms with E-state index in [1.807, 2.05) is 18.2 Å². The van der Waals surface area contributed by atoms with E-state index in [-0.39, 0.29) is 0 Å². The first kappa shape index (κ1) is 12.1. The van der Waals surface area contributed by atoms with Crippen molar-refractivity contribution in [2.45, 2.75) is 19.8 Å². The van der Waals surface area contributed by atoms with Gasteiger partial charge in [0.15, 0.2) is 0 Å². The molecule has 0 aliphatic rings. The lowest BCUT2D eigenvalue weighted by molar-refractivity contribution is 0.412. The third-order valence-electron chi connectivity index (χ3n) is 2.41. The Bertz CT molecular complexity index is 511. The smallest absolute Gasteiger partial charge is 0.216 e. The number of rotatable bonds is 4. The molecule has 0 fully saturated rings. The van der Waals surface area contributed by atoms with Crippen molar-refractivity contribution in [3.63, 3.8) is 0 Å². The molecule has 2 aromatic rings. The van der Waals surface area contributed by atoms with Gasteiger partial charge in [0, 0.05) is 13.3 Å². The van der Waals surface area contributed by atoms with Crippen LogP contribution >= 0.6 is 15.9 Å². The van der Waals surface area contributed by atoms with Crippen LogP contribution in [0.2, 0.25) is 0 Å². The average molecular weight is 297 g/mol. The van der Waals surface area contributed by atoms with E-state index in [9.17, 15) is 0 Å². The van der Waals surface area contributed by atoms with E-state index in [1.165, 1.54) is 5.56 Å². The first-order chi connectivity index (χ1) is 8.19. The summed E-state index contributed by atoms with van der Waals surface area (Å²) in [4.78, 5) is 0. The Labute approximate surface area is 108 Å². The fourth-order valence-electron chi connectivity index (χ4n) is 1.56. The Hall–Kier alpha value is -1.36. The van der Waals surface area contributed by atoms with Gasteiger partial charge in [-0.25, -0.2) is 0 Å². The Morgan fingerprint density at radius 1 is 1.29 bits per heavy atom. The third kappa shape index (κ3) is 3.06. The van der Waals surface area contributed by atoms with Crippen molar-refractivity contribution in [3.05, 3.63) is 40.0 Å². The predicted octanol–water partition coefficient (Wildman–Crippen LogP) is 2.93. The molecular formula is C12H13BrN2O2. The normalized spacial score (nSPS) is 10.5. The summed E-state index contributed by atoms with van der Waals surface area (Å²) in [5.74, 6) is 2.12. The summed E-state index contributed by atoms with van der Waals surface area (Å²) in [7, 11) is 1.65. The van der Waals surface area contributed by atoms with Gasteiger partial charge in [-0.3, -0.25) is 0 Å². The van der Waals surface area contributed by atoms with Crippen LogP contribution in [0.1, 0.15) is 17.3 Å². The van der Waals surface area contributed by atoms with Crippen LogP contribution < -0.4 is 4.74 Å². The molecule has 0 amide bonds. The molecule has 90 valence electrons. The van der Waals surface area contributed by atoms with E-state index in [1.54, 1.807) is 14.0 Å². The van der Waals surface area contributed by atoms with Gasteiger partial charge in [0.05, 0.1) is 11.6 Å². The van der Waals surface area contributed by atoms with E-state index in [0.717, 1.165) is 23.1 Å². The van der Waals surface area contributed by atoms with Crippen molar-refractivity contribution in [3.8, 4) is 5.75 Å². The molecule has 0 N–H and O–H groups in total. The van der Waals surface area contributed by atoms with Crippen LogP contribution in [0, 0.1) is 6.92 Å². The van der Waals surface area contributed by atoms with E-state index < -0.39 is 0 Å². The van der Waals surface area contributed by atoms with Gasteiger partial charge in [0.2, 0.25) is 11.8 Å². The molecule has 17 heavy (non-hydrogen) atoms. The number of benzene rings is 1. The number of nitrogens with zero attached hydrogens (tertiary/aromatic N) is 2. The number of methoxy groups -OCH3 is 1. The van der Waals surface area contributed by atoms with Gasteiger partial charge in [-0.05, 0) is 40.0 Å². The molecule has 5 heteroatoms. The highest BCUT2D eigenvalue weighted by Crippen LogP contribution is 2.25. The highest BCUT2D eigenvalue weighted by molar-refractivity contribution is 9.10. The van der Waals surface area contributed by atoms with Crippen molar-refractivity contribution >= 4 is 15.9 Å². The maximum absolute atomic E-state index is 5.32. The molecule has 0 bridgehead atoms. The fraction of sp³-hybridized carbons (Fsp3) is 0.333. The molecule has 4 nitrogen and oxygen atoms in total. The summed E-state index contributed by atoms with van der Waals surface area (Å²) in [5.41, 5.74) is 1.20. The molecule has 1 aromatic carbocycles. The number of ether oxygens (including phenoxy) is 1. The lowest BCUT2D eigenvalue weighted by atomic mass is 10.1. The van der Waals surface area contributed by atoms with Gasteiger partial charge >= 0.3 is 0 Å². The largest absolute Gasteiger partial charge is 0.496 e. The Morgan fingerprint density at radius 3 is 2.71 bits per heavy atom. The van der Waals surface area contributed by atoms with Gasteiger partial charge in [-0.2, -0.15) is 0 Å². The van der Waals surface area contributed by atoms with Gasteiger partial charge < -0.3 is 9.15 Å². The van der Waals surface area contributed by atoms with Crippen molar-refractivity contribution in [2.75, 3.05) is 7.11 Å². The van der Waals surface area contributed by atoms with E-state index in [2.05, 4.69) is 26.1 Å². The van der Waals surface area contributed by atoms with Gasteiger partial charge in [0.1, 0.15) is 5.75 Å². The summed E-state index contributed by atoms with van der Waals surface area (Å²) in [5, 5.41) is 7.76. The maximum Gasteiger partial charge on any atom is 0.216 e. The molecule has 1 heterocycles. The molecule has 1 aromatic heterocycles. The molecule has 0 saturated carbocycles. The van der Waals surface area contributed by atoms with E-state index in [4.69, 9.17) is 9.15 Å². The zero-order chi connectivity index (χ0) is 12.3. The Kier molecular flexibility index (Phi) is 3.78. The van der Waals surface area contributed by atoms with Crippen LogP contribution in [0.3, 0.4) is 0 Å². The zero-order valence-electron chi connectivity index (χ0n) is 9.74. The predicted molar refractivity (Wildman–Crippen MR) is 67.1 cm³/mol. The summed E-state index contributed by atoms with van der Waals surface area (Å²) in [6.45, 7) is 1.79. The SMILES string of the molecule is COc1ccc(CCc2nnc(C)o2)cc1Br. The number of aryl methyl sites for hydroxylation is 3. The summed E-state index contributed by atoms with van der Waals surface area (Å²) in [6, 6.07) is 6.02. The minimum absolute atomic E-state index is 0.607. The van der Waals surface area contributed by atoms with Gasteiger partial charge in [-0.15, -0.1) is 10.2 Å². The van der Waals surface area contributed by atoms with Crippen LogP contribution in [-0.2, 0) is 12.8 Å². The monoisotopic (exact) mass is 296 g/mol. The number of hydrogen-bond donors (Lipinski definition) is 0. The summed E-state index contributed by atoms with van der Waals surface area (Å²) < 4.78 is 11.5. The molecular weight excluding hydrogens is 284 g/mol. The van der Waals surface area contributed by atoms with Crippen molar-refractivity contribution < 1.29 is 9.15 Å². The number of hydrogen-bond acceptors (Lipinski definition) is 4. The zero-order valence-corrected chi connectivity index (χ0v) is 11.3. The van der Waals surface area contributed by atoms with Crippen LogP contribution in [0.4, 0.5) is 0 Å². The van der Waals surface area contributed by atoms with Crippen molar-refractivity contribution in [2.24, 2.45) is 0 Å². The second kappa shape index (κ2) is 5.31. The first-order valence-corrected chi connectivity index (χ1v) is 6.09. The molecule has 0 unspecified atom stereocenters. The second-order valence-electron chi connectivity index (χ2n) is 3.68. The first-order valence-electron chi connectivity index (χ1n) is 5.30. The van der Waals surface area contributed by atoms with Crippen LogP contribution in [0.15, 0.2) is 27.1 Å². The molecule has 0 aliphatic heterocycles. The van der Waals surface area contributed by atoms with Crippen LogP contribution in [-0.4, -0.2) is 17.3 Å². The lowest BCUT2D eigenvalue weighted by Gasteiger charge is -2.05. The summed E-state index contributed by atoms with van der Waals surface area (Å²) in [6.07, 6.45) is 1.61. The minimum atomic E-state index is 0.607. The van der Waals surface area contributed by atoms with Crippen molar-refractivity contribution in [1.82, 2.24) is 10.2 Å². The Balaban J connectivity index is 2.02. The second-order valence-corrected chi connectivity index (χ2v) is 4.54. The van der Waals surface area contributed by atoms with Crippen LogP contribution in [0.25, 0.3) is 0 Å². The Morgan fingerprint density at radius 2 is 2.12 bits per heavy atom. The standard InChI is InChI=1S/C12H13BrN2O2/c1-8-14-15-12(17-8)6-4-9-3-5-11(16-2)10(13)7-9/h3,5,7H,4,6H2,1-2H3. The molecule has 0 radical (unpaired) electrons. The van der Waals surface area contributed by atoms with Crippen molar-refractivity contribution in [1.29, 1.82) is 0 Å². The lowest BCUT2D eigenvalue weighted by Crippen LogP contribution is -1.93. The van der Waals surface area contributed by atoms with Gasteiger partial charge in [0.25, 0.3) is 0 Å². The highest BCUT2D eigenvalue weighted by Gasteiger charge is 2.05. The van der Waals surface area contributed by atoms with Crippen LogP contribution in [0.5, 0.6) is 5.75 Å². The van der Waals surface area contributed by atoms with Gasteiger partial charge in [-0.1, -0.05) is 6.07 Å². The minimum Gasteiger partial charge on any atom is -0.496 e. The number of aromatic nitrogens is 2. The quantitative estimate of drug-likeness (QED) is 0.870. The molecule has 0 spiro atoms. The molecule has 2 rings (SSSR count). The maximum atomic E-state index is 5.32. The fourth-order valence-corrected chi connectivity index (χ4v) is 2.14. The molecule has 0 aliphatic carbocycles. The molecule has 0 saturated heterocycles. The highest BCUT2D eigenvalue weighted by atomic mass is 79.9. The van der Waals surface area contributed by atoms with E-state index in [0.29, 0.717) is 11.8 Å². The molecule has 0 atom stereocenters. The number of halogens is 1. The summed E-state index contributed by atoms with van der Waals surface area (Å²) >= 11 is 3.46. The third-order valence-corrected chi connectivity index (χ3v) is 3.03.